The summed E-state index contributed by atoms with van der Waals surface area (Å²) >= 11 is 0. The topological polar surface area (TPSA) is 90.3 Å². The SMILES string of the molecule is CCCCNC(=O)CCN(c1ccc(C#N)cc1)S(C)(=O)=O. The Morgan fingerprint density at radius 1 is 1.32 bits per heavy atom. The lowest BCUT2D eigenvalue weighted by atomic mass is 10.2. The van der Waals surface area contributed by atoms with Gasteiger partial charge < -0.3 is 5.32 Å². The normalized spacial score (nSPS) is 10.8. The van der Waals surface area contributed by atoms with Gasteiger partial charge in [-0.15, -0.1) is 0 Å². The number of nitrogens with zero attached hydrogens (tertiary/aromatic N) is 2. The zero-order valence-electron chi connectivity index (χ0n) is 12.9. The number of nitriles is 1. The smallest absolute Gasteiger partial charge is 0.232 e. The van der Waals surface area contributed by atoms with Gasteiger partial charge in [0.15, 0.2) is 0 Å². The van der Waals surface area contributed by atoms with E-state index >= 15 is 0 Å². The van der Waals surface area contributed by atoms with Crippen molar-refractivity contribution >= 4 is 21.6 Å². The molecule has 0 aliphatic rings. The van der Waals surface area contributed by atoms with E-state index in [1.807, 2.05) is 13.0 Å². The van der Waals surface area contributed by atoms with Crippen LogP contribution in [0.25, 0.3) is 0 Å². The van der Waals surface area contributed by atoms with E-state index in [-0.39, 0.29) is 18.9 Å². The number of carbonyl (C=O) groups excluding carboxylic acids is 1. The van der Waals surface area contributed by atoms with Gasteiger partial charge in [0.25, 0.3) is 0 Å². The van der Waals surface area contributed by atoms with Gasteiger partial charge in [-0.05, 0) is 30.7 Å². The molecule has 1 aromatic rings. The highest BCUT2D eigenvalue weighted by Gasteiger charge is 2.18. The van der Waals surface area contributed by atoms with Crippen LogP contribution in [0, 0.1) is 11.3 Å². The minimum Gasteiger partial charge on any atom is -0.356 e. The van der Waals surface area contributed by atoms with Crippen molar-refractivity contribution in [3.63, 3.8) is 0 Å². The van der Waals surface area contributed by atoms with Crippen molar-refractivity contribution in [3.8, 4) is 6.07 Å². The number of unbranched alkanes of at least 4 members (excludes halogenated alkanes) is 1. The lowest BCUT2D eigenvalue weighted by Gasteiger charge is -2.22. The third-order valence-electron chi connectivity index (χ3n) is 3.08. The molecule has 0 heterocycles. The number of nitrogens with one attached hydrogen (secondary N) is 1. The van der Waals surface area contributed by atoms with Gasteiger partial charge >= 0.3 is 0 Å². The first-order chi connectivity index (χ1) is 10.4. The average molecular weight is 323 g/mol. The predicted octanol–water partition coefficient (Wildman–Crippen LogP) is 1.63. The van der Waals surface area contributed by atoms with E-state index in [0.29, 0.717) is 17.8 Å². The van der Waals surface area contributed by atoms with Gasteiger partial charge in [-0.2, -0.15) is 5.26 Å². The van der Waals surface area contributed by atoms with Crippen LogP contribution in [0.15, 0.2) is 24.3 Å². The lowest BCUT2D eigenvalue weighted by molar-refractivity contribution is -0.120. The Kier molecular flexibility index (Phi) is 6.86. The van der Waals surface area contributed by atoms with E-state index < -0.39 is 10.0 Å². The largest absolute Gasteiger partial charge is 0.356 e. The summed E-state index contributed by atoms with van der Waals surface area (Å²) < 4.78 is 25.0. The Morgan fingerprint density at radius 3 is 2.45 bits per heavy atom. The summed E-state index contributed by atoms with van der Waals surface area (Å²) in [4.78, 5) is 11.7. The van der Waals surface area contributed by atoms with Crippen molar-refractivity contribution in [2.24, 2.45) is 0 Å². The van der Waals surface area contributed by atoms with Crippen molar-refractivity contribution in [1.82, 2.24) is 5.32 Å². The number of benzene rings is 1. The van der Waals surface area contributed by atoms with Gasteiger partial charge in [0.1, 0.15) is 0 Å². The zero-order chi connectivity index (χ0) is 16.6. The fraction of sp³-hybridized carbons (Fsp3) is 0.467. The highest BCUT2D eigenvalue weighted by atomic mass is 32.2. The molecule has 0 bridgehead atoms. The van der Waals surface area contributed by atoms with Crippen LogP contribution in [-0.4, -0.2) is 33.7 Å². The molecule has 0 atom stereocenters. The van der Waals surface area contributed by atoms with Crippen molar-refractivity contribution in [3.05, 3.63) is 29.8 Å². The van der Waals surface area contributed by atoms with Gasteiger partial charge in [0.2, 0.25) is 15.9 Å². The Labute approximate surface area is 131 Å². The number of hydrogen-bond donors (Lipinski definition) is 1. The third-order valence-corrected chi connectivity index (χ3v) is 4.27. The maximum absolute atomic E-state index is 11.9. The molecule has 0 aromatic heterocycles. The first-order valence-electron chi connectivity index (χ1n) is 7.13. The first kappa shape index (κ1) is 18.0. The fourth-order valence-corrected chi connectivity index (χ4v) is 2.81. The molecule has 0 aliphatic carbocycles. The van der Waals surface area contributed by atoms with Crippen molar-refractivity contribution in [2.45, 2.75) is 26.2 Å². The predicted molar refractivity (Wildman–Crippen MR) is 85.9 cm³/mol. The van der Waals surface area contributed by atoms with Crippen LogP contribution in [0.4, 0.5) is 5.69 Å². The molecule has 0 radical (unpaired) electrons. The maximum Gasteiger partial charge on any atom is 0.232 e. The standard InChI is InChI=1S/C15H21N3O3S/c1-3-4-10-17-15(19)9-11-18(22(2,20)21)14-7-5-13(12-16)6-8-14/h5-8H,3-4,9-11H2,1-2H3,(H,17,19). The summed E-state index contributed by atoms with van der Waals surface area (Å²) in [5.41, 5.74) is 0.900. The summed E-state index contributed by atoms with van der Waals surface area (Å²) in [6.07, 6.45) is 3.08. The second-order valence-corrected chi connectivity index (χ2v) is 6.85. The van der Waals surface area contributed by atoms with Crippen LogP contribution in [0.5, 0.6) is 0 Å². The molecule has 0 saturated heterocycles. The Balaban J connectivity index is 2.74. The number of sulfonamides is 1. The van der Waals surface area contributed by atoms with Crippen molar-refractivity contribution < 1.29 is 13.2 Å². The number of hydrogen-bond acceptors (Lipinski definition) is 4. The molecule has 1 aromatic carbocycles. The van der Waals surface area contributed by atoms with E-state index in [2.05, 4.69) is 5.32 Å². The highest BCUT2D eigenvalue weighted by molar-refractivity contribution is 7.92. The molecule has 0 aliphatic heterocycles. The van der Waals surface area contributed by atoms with Gasteiger partial charge in [0, 0.05) is 19.5 Å². The molecule has 22 heavy (non-hydrogen) atoms. The average Bonchev–Trinajstić information content (AvgIpc) is 2.47. The van der Waals surface area contributed by atoms with Crippen LogP contribution in [0.1, 0.15) is 31.7 Å². The molecule has 0 fully saturated rings. The number of carbonyl (C=O) groups is 1. The highest BCUT2D eigenvalue weighted by Crippen LogP contribution is 2.18. The summed E-state index contributed by atoms with van der Waals surface area (Å²) in [5.74, 6) is -0.171. The number of amides is 1. The second-order valence-electron chi connectivity index (χ2n) is 4.95. The van der Waals surface area contributed by atoms with E-state index in [9.17, 15) is 13.2 Å². The van der Waals surface area contributed by atoms with Crippen LogP contribution in [0.2, 0.25) is 0 Å². The summed E-state index contributed by atoms with van der Waals surface area (Å²) in [6, 6.07) is 8.21. The Hall–Kier alpha value is -2.07. The van der Waals surface area contributed by atoms with Crippen LogP contribution >= 0.6 is 0 Å². The van der Waals surface area contributed by atoms with Crippen LogP contribution < -0.4 is 9.62 Å². The number of anilines is 1. The summed E-state index contributed by atoms with van der Waals surface area (Å²) in [7, 11) is -3.49. The van der Waals surface area contributed by atoms with Gasteiger partial charge in [-0.1, -0.05) is 13.3 Å². The van der Waals surface area contributed by atoms with E-state index in [0.717, 1.165) is 19.1 Å². The van der Waals surface area contributed by atoms with Crippen LogP contribution in [-0.2, 0) is 14.8 Å². The lowest BCUT2D eigenvalue weighted by Crippen LogP contribution is -2.34. The van der Waals surface area contributed by atoms with E-state index in [4.69, 9.17) is 5.26 Å². The molecule has 120 valence electrons. The third kappa shape index (κ3) is 5.74. The Bertz CT molecular complexity index is 633. The monoisotopic (exact) mass is 323 g/mol. The van der Waals surface area contributed by atoms with Crippen molar-refractivity contribution in [2.75, 3.05) is 23.7 Å². The molecular formula is C15H21N3O3S. The minimum absolute atomic E-state index is 0.0721. The fourth-order valence-electron chi connectivity index (χ4n) is 1.88. The molecule has 7 heteroatoms. The first-order valence-corrected chi connectivity index (χ1v) is 8.98. The quantitative estimate of drug-likeness (QED) is 0.736. The molecule has 1 N–H and O–H groups in total. The molecule has 1 amide bonds. The molecule has 0 spiro atoms. The second kappa shape index (κ2) is 8.39. The minimum atomic E-state index is -3.49. The van der Waals surface area contributed by atoms with Crippen molar-refractivity contribution in [1.29, 1.82) is 5.26 Å². The van der Waals surface area contributed by atoms with Gasteiger partial charge in [0.05, 0.1) is 23.6 Å². The van der Waals surface area contributed by atoms with Crippen LogP contribution in [0.3, 0.4) is 0 Å². The molecule has 0 saturated carbocycles. The molecule has 6 nitrogen and oxygen atoms in total. The summed E-state index contributed by atoms with van der Waals surface area (Å²) in [6.45, 7) is 2.70. The van der Waals surface area contributed by atoms with E-state index in [1.54, 1.807) is 24.3 Å². The molecule has 0 unspecified atom stereocenters. The molecular weight excluding hydrogens is 302 g/mol. The summed E-state index contributed by atoms with van der Waals surface area (Å²) in [5, 5.41) is 11.5. The maximum atomic E-state index is 11.9. The van der Waals surface area contributed by atoms with E-state index in [1.165, 1.54) is 4.31 Å². The van der Waals surface area contributed by atoms with Gasteiger partial charge in [-0.3, -0.25) is 9.10 Å². The number of rotatable bonds is 8. The zero-order valence-corrected chi connectivity index (χ0v) is 13.7. The molecule has 1 rings (SSSR count). The van der Waals surface area contributed by atoms with Gasteiger partial charge in [-0.25, -0.2) is 8.42 Å². The Morgan fingerprint density at radius 2 is 1.95 bits per heavy atom.